The molecule has 0 aromatic heterocycles. The van der Waals surface area contributed by atoms with Crippen LogP contribution in [0.5, 0.6) is 5.75 Å². The molecule has 1 heterocycles. The molecule has 1 aromatic carbocycles. The van der Waals surface area contributed by atoms with Gasteiger partial charge in [-0.1, -0.05) is 24.6 Å². The number of methoxy groups -OCH3 is 1. The van der Waals surface area contributed by atoms with Crippen molar-refractivity contribution in [3.63, 3.8) is 0 Å². The normalized spacial score (nSPS) is 19.6. The maximum absolute atomic E-state index is 11.8. The van der Waals surface area contributed by atoms with Crippen molar-refractivity contribution in [1.29, 1.82) is 0 Å². The molecule has 1 saturated heterocycles. The van der Waals surface area contributed by atoms with Gasteiger partial charge < -0.3 is 9.47 Å². The molecule has 2 rings (SSSR count). The van der Waals surface area contributed by atoms with Crippen molar-refractivity contribution >= 4 is 5.97 Å². The highest BCUT2D eigenvalue weighted by atomic mass is 16.5. The standard InChI is InChI=1S/C16H23NO3/c1-13-7-3-4-9-15(13)20-12-11-17-10-6-5-8-14(17)16(18)19-2/h3-4,7,9,14H,5-6,8,10-12H2,1-2H3/t14-/m1/s1. The summed E-state index contributed by atoms with van der Waals surface area (Å²) in [6.07, 6.45) is 3.11. The van der Waals surface area contributed by atoms with Crippen LogP contribution in [0.1, 0.15) is 24.8 Å². The van der Waals surface area contributed by atoms with Gasteiger partial charge in [0.25, 0.3) is 0 Å². The quantitative estimate of drug-likeness (QED) is 0.775. The predicted molar refractivity (Wildman–Crippen MR) is 77.9 cm³/mol. The van der Waals surface area contributed by atoms with Gasteiger partial charge in [0.2, 0.25) is 0 Å². The largest absolute Gasteiger partial charge is 0.492 e. The first kappa shape index (κ1) is 14.9. The van der Waals surface area contributed by atoms with Crippen LogP contribution >= 0.6 is 0 Å². The third-order valence-electron chi connectivity index (χ3n) is 3.82. The first-order valence-electron chi connectivity index (χ1n) is 7.22. The van der Waals surface area contributed by atoms with Crippen molar-refractivity contribution in [2.75, 3.05) is 26.8 Å². The molecule has 0 saturated carbocycles. The molecular weight excluding hydrogens is 254 g/mol. The van der Waals surface area contributed by atoms with E-state index >= 15 is 0 Å². The molecule has 1 atom stereocenters. The lowest BCUT2D eigenvalue weighted by molar-refractivity contribution is -0.148. The summed E-state index contributed by atoms with van der Waals surface area (Å²) < 4.78 is 10.7. The second-order valence-corrected chi connectivity index (χ2v) is 5.18. The summed E-state index contributed by atoms with van der Waals surface area (Å²) in [6, 6.07) is 7.88. The van der Waals surface area contributed by atoms with E-state index in [4.69, 9.17) is 9.47 Å². The van der Waals surface area contributed by atoms with Gasteiger partial charge >= 0.3 is 5.97 Å². The zero-order chi connectivity index (χ0) is 14.4. The number of aryl methyl sites for hydroxylation is 1. The number of carbonyl (C=O) groups is 1. The van der Waals surface area contributed by atoms with Crippen molar-refractivity contribution in [2.24, 2.45) is 0 Å². The Morgan fingerprint density at radius 2 is 2.15 bits per heavy atom. The van der Waals surface area contributed by atoms with E-state index in [0.717, 1.165) is 43.7 Å². The van der Waals surface area contributed by atoms with Crippen LogP contribution in [-0.4, -0.2) is 43.7 Å². The van der Waals surface area contributed by atoms with E-state index < -0.39 is 0 Å². The number of carbonyl (C=O) groups excluding carboxylic acids is 1. The van der Waals surface area contributed by atoms with Gasteiger partial charge in [-0.2, -0.15) is 0 Å². The molecule has 0 radical (unpaired) electrons. The number of piperidine rings is 1. The average Bonchev–Trinajstić information content (AvgIpc) is 2.49. The molecule has 0 aliphatic carbocycles. The molecular formula is C16H23NO3. The number of rotatable bonds is 5. The van der Waals surface area contributed by atoms with E-state index in [2.05, 4.69) is 4.90 Å². The predicted octanol–water partition coefficient (Wildman–Crippen LogP) is 2.40. The maximum Gasteiger partial charge on any atom is 0.323 e. The van der Waals surface area contributed by atoms with Crippen molar-refractivity contribution in [3.05, 3.63) is 29.8 Å². The first-order chi connectivity index (χ1) is 9.72. The van der Waals surface area contributed by atoms with Crippen LogP contribution in [0.4, 0.5) is 0 Å². The molecule has 0 N–H and O–H groups in total. The molecule has 0 amide bonds. The Bertz CT molecular complexity index is 447. The number of para-hydroxylation sites is 1. The highest BCUT2D eigenvalue weighted by Gasteiger charge is 2.29. The van der Waals surface area contributed by atoms with Crippen LogP contribution in [0, 0.1) is 6.92 Å². The fourth-order valence-electron chi connectivity index (χ4n) is 2.65. The van der Waals surface area contributed by atoms with Gasteiger partial charge in [0.1, 0.15) is 18.4 Å². The third kappa shape index (κ3) is 3.73. The molecule has 1 fully saturated rings. The van der Waals surface area contributed by atoms with Crippen LogP contribution in [0.2, 0.25) is 0 Å². The lowest BCUT2D eigenvalue weighted by atomic mass is 10.0. The number of hydrogen-bond acceptors (Lipinski definition) is 4. The summed E-state index contributed by atoms with van der Waals surface area (Å²) >= 11 is 0. The van der Waals surface area contributed by atoms with Crippen molar-refractivity contribution in [3.8, 4) is 5.75 Å². The van der Waals surface area contributed by atoms with Crippen molar-refractivity contribution in [1.82, 2.24) is 4.90 Å². The van der Waals surface area contributed by atoms with E-state index in [0.29, 0.717) is 6.61 Å². The maximum atomic E-state index is 11.8. The SMILES string of the molecule is COC(=O)[C@H]1CCCCN1CCOc1ccccc1C. The molecule has 1 aliphatic heterocycles. The summed E-state index contributed by atoms with van der Waals surface area (Å²) in [5.74, 6) is 0.791. The summed E-state index contributed by atoms with van der Waals surface area (Å²) in [5.41, 5.74) is 1.13. The number of hydrogen-bond donors (Lipinski definition) is 0. The minimum atomic E-state index is -0.124. The number of likely N-dealkylation sites (tertiary alicyclic amines) is 1. The Balaban J connectivity index is 1.85. The lowest BCUT2D eigenvalue weighted by Crippen LogP contribution is -2.46. The van der Waals surface area contributed by atoms with Gasteiger partial charge in [-0.25, -0.2) is 0 Å². The van der Waals surface area contributed by atoms with Crippen LogP contribution in [0.3, 0.4) is 0 Å². The van der Waals surface area contributed by atoms with Crippen LogP contribution in [-0.2, 0) is 9.53 Å². The average molecular weight is 277 g/mol. The second-order valence-electron chi connectivity index (χ2n) is 5.18. The highest BCUT2D eigenvalue weighted by Crippen LogP contribution is 2.19. The molecule has 110 valence electrons. The van der Waals surface area contributed by atoms with E-state index in [1.165, 1.54) is 7.11 Å². The molecule has 4 heteroatoms. The topological polar surface area (TPSA) is 38.8 Å². The van der Waals surface area contributed by atoms with Crippen LogP contribution in [0.25, 0.3) is 0 Å². The second kappa shape index (κ2) is 7.29. The van der Waals surface area contributed by atoms with E-state index in [-0.39, 0.29) is 12.0 Å². The molecule has 4 nitrogen and oxygen atoms in total. The number of nitrogens with zero attached hydrogens (tertiary/aromatic N) is 1. The zero-order valence-corrected chi connectivity index (χ0v) is 12.3. The molecule has 1 aliphatic rings. The van der Waals surface area contributed by atoms with E-state index in [9.17, 15) is 4.79 Å². The Hall–Kier alpha value is -1.55. The van der Waals surface area contributed by atoms with Gasteiger partial charge in [-0.3, -0.25) is 9.69 Å². The van der Waals surface area contributed by atoms with Gasteiger partial charge in [0.15, 0.2) is 0 Å². The molecule has 0 bridgehead atoms. The first-order valence-corrected chi connectivity index (χ1v) is 7.22. The van der Waals surface area contributed by atoms with Crippen LogP contribution in [0.15, 0.2) is 24.3 Å². The van der Waals surface area contributed by atoms with Crippen molar-refractivity contribution < 1.29 is 14.3 Å². The van der Waals surface area contributed by atoms with Gasteiger partial charge in [0, 0.05) is 6.54 Å². The minimum absolute atomic E-state index is 0.103. The Morgan fingerprint density at radius 1 is 1.35 bits per heavy atom. The number of benzene rings is 1. The monoisotopic (exact) mass is 277 g/mol. The Labute approximate surface area is 120 Å². The molecule has 0 unspecified atom stereocenters. The number of esters is 1. The van der Waals surface area contributed by atoms with Gasteiger partial charge in [0.05, 0.1) is 7.11 Å². The number of ether oxygens (including phenoxy) is 2. The smallest absolute Gasteiger partial charge is 0.323 e. The Morgan fingerprint density at radius 3 is 2.90 bits per heavy atom. The minimum Gasteiger partial charge on any atom is -0.492 e. The van der Waals surface area contributed by atoms with Gasteiger partial charge in [-0.15, -0.1) is 0 Å². The highest BCUT2D eigenvalue weighted by molar-refractivity contribution is 5.75. The van der Waals surface area contributed by atoms with E-state index in [1.54, 1.807) is 0 Å². The summed E-state index contributed by atoms with van der Waals surface area (Å²) in [5, 5.41) is 0. The van der Waals surface area contributed by atoms with Crippen molar-refractivity contribution in [2.45, 2.75) is 32.2 Å². The third-order valence-corrected chi connectivity index (χ3v) is 3.82. The Kier molecular flexibility index (Phi) is 5.41. The summed E-state index contributed by atoms with van der Waals surface area (Å²) in [7, 11) is 1.46. The van der Waals surface area contributed by atoms with E-state index in [1.807, 2.05) is 31.2 Å². The summed E-state index contributed by atoms with van der Waals surface area (Å²) in [4.78, 5) is 13.9. The fourth-order valence-corrected chi connectivity index (χ4v) is 2.65. The lowest BCUT2D eigenvalue weighted by Gasteiger charge is -2.33. The summed E-state index contributed by atoms with van der Waals surface area (Å²) in [6.45, 7) is 4.33. The zero-order valence-electron chi connectivity index (χ0n) is 12.3. The molecule has 20 heavy (non-hydrogen) atoms. The molecule has 1 aromatic rings. The van der Waals surface area contributed by atoms with Gasteiger partial charge in [-0.05, 0) is 37.9 Å². The fraction of sp³-hybridized carbons (Fsp3) is 0.562. The van der Waals surface area contributed by atoms with Crippen LogP contribution < -0.4 is 4.74 Å². The molecule has 0 spiro atoms.